The predicted octanol–water partition coefficient (Wildman–Crippen LogP) is 12.7. The first-order valence-corrected chi connectivity index (χ1v) is 22.7. The van der Waals surface area contributed by atoms with Gasteiger partial charge < -0.3 is 4.57 Å². The van der Waals surface area contributed by atoms with Crippen molar-refractivity contribution in [2.75, 3.05) is 13.3 Å². The van der Waals surface area contributed by atoms with Crippen molar-refractivity contribution < 1.29 is 4.57 Å². The summed E-state index contributed by atoms with van der Waals surface area (Å²) in [6.07, 6.45) is 5.03. The average Bonchev–Trinajstić information content (AvgIpc) is 3.90. The van der Waals surface area contributed by atoms with Crippen molar-refractivity contribution in [2.24, 2.45) is 11.8 Å². The highest BCUT2D eigenvalue weighted by Gasteiger charge is 2.52. The maximum atomic E-state index is 13.2. The second kappa shape index (κ2) is 14.2. The Morgan fingerprint density at radius 1 is 0.474 bits per heavy atom. The molecule has 10 rings (SSSR count). The standard InChI is InChI=1S/C52H44N3OP/c1-57(2,56)48-32-31-45(46-15-9-10-16-47(46)48)38-22-27-42(28-23-38)52(34-35-17-26-44(52)33-35)43-29-24-41(25-30-43)51-54-49(39-13-7-4-8-14-39)53-50(55-51)40-20-18-37(19-21-40)36-11-5-3-6-12-36/h3-16,18-25,27-32,35,44H,17,26,33-34H2,1-2H3. The fourth-order valence-corrected chi connectivity index (χ4v) is 11.1. The van der Waals surface area contributed by atoms with E-state index < -0.39 is 7.14 Å². The summed E-state index contributed by atoms with van der Waals surface area (Å²) in [5.41, 5.74) is 10.3. The van der Waals surface area contributed by atoms with Gasteiger partial charge in [-0.3, -0.25) is 0 Å². The van der Waals surface area contributed by atoms with Crippen LogP contribution in [-0.4, -0.2) is 28.3 Å². The zero-order valence-corrected chi connectivity index (χ0v) is 33.2. The minimum Gasteiger partial charge on any atom is -0.319 e. The molecule has 2 saturated carbocycles. The lowest BCUT2D eigenvalue weighted by Crippen LogP contribution is -2.34. The molecule has 0 spiro atoms. The molecular weight excluding hydrogens is 714 g/mol. The largest absolute Gasteiger partial charge is 0.319 e. The van der Waals surface area contributed by atoms with Crippen molar-refractivity contribution in [2.45, 2.75) is 31.1 Å². The van der Waals surface area contributed by atoms with E-state index in [2.05, 4.69) is 140 Å². The first kappa shape index (κ1) is 35.5. The van der Waals surface area contributed by atoms with E-state index in [0.717, 1.165) is 44.2 Å². The normalized spacial score (nSPS) is 18.9. The van der Waals surface area contributed by atoms with Crippen LogP contribution < -0.4 is 5.30 Å². The molecule has 0 aliphatic heterocycles. The second-order valence-corrected chi connectivity index (χ2v) is 19.5. The Bertz CT molecular complexity index is 2780. The summed E-state index contributed by atoms with van der Waals surface area (Å²) in [6.45, 7) is 3.72. The number of rotatable bonds is 8. The van der Waals surface area contributed by atoms with Gasteiger partial charge >= 0.3 is 0 Å². The van der Waals surface area contributed by atoms with Gasteiger partial charge in [0.2, 0.25) is 0 Å². The summed E-state index contributed by atoms with van der Waals surface area (Å²) in [7, 11) is -2.43. The monoisotopic (exact) mass is 757 g/mol. The fraction of sp³-hybridized carbons (Fsp3) is 0.173. The molecule has 2 aliphatic rings. The van der Waals surface area contributed by atoms with E-state index >= 15 is 0 Å². The molecule has 1 aromatic heterocycles. The SMILES string of the molecule is CP(C)(=O)c1ccc(-c2ccc(C3(c4ccc(-c5nc(-c6ccccc6)nc(-c6ccc(-c7ccccc7)cc6)n5)cc4)CC4CCC3C4)cc2)c2ccccc12. The van der Waals surface area contributed by atoms with Gasteiger partial charge in [0.1, 0.15) is 7.14 Å². The van der Waals surface area contributed by atoms with Crippen LogP contribution in [0.25, 0.3) is 67.2 Å². The maximum absolute atomic E-state index is 13.2. The Hall–Kier alpha value is -5.96. The third-order valence-electron chi connectivity index (χ3n) is 12.6. The van der Waals surface area contributed by atoms with Crippen molar-refractivity contribution >= 4 is 23.2 Å². The Balaban J connectivity index is 1.01. The minimum absolute atomic E-state index is 0.0388. The van der Waals surface area contributed by atoms with Gasteiger partial charge in [0.15, 0.2) is 17.5 Å². The molecule has 2 fully saturated rings. The van der Waals surface area contributed by atoms with E-state index in [4.69, 9.17) is 15.0 Å². The molecule has 5 heteroatoms. The van der Waals surface area contributed by atoms with Gasteiger partial charge in [0.05, 0.1) is 0 Å². The van der Waals surface area contributed by atoms with Crippen molar-refractivity contribution in [3.05, 3.63) is 181 Å². The summed E-state index contributed by atoms with van der Waals surface area (Å²) in [5, 5.41) is 3.18. The second-order valence-electron chi connectivity index (χ2n) is 16.4. The van der Waals surface area contributed by atoms with Crippen LogP contribution in [0.3, 0.4) is 0 Å². The Morgan fingerprint density at radius 2 is 0.930 bits per heavy atom. The molecule has 8 aromatic rings. The van der Waals surface area contributed by atoms with Gasteiger partial charge in [0.25, 0.3) is 0 Å². The molecule has 3 unspecified atom stereocenters. The van der Waals surface area contributed by atoms with Gasteiger partial charge in [-0.1, -0.05) is 176 Å². The topological polar surface area (TPSA) is 55.7 Å². The van der Waals surface area contributed by atoms with Crippen LogP contribution in [0.4, 0.5) is 0 Å². The number of benzene rings is 7. The van der Waals surface area contributed by atoms with Crippen LogP contribution in [0.5, 0.6) is 0 Å². The lowest BCUT2D eigenvalue weighted by atomic mass is 9.64. The highest BCUT2D eigenvalue weighted by atomic mass is 31.2. The van der Waals surface area contributed by atoms with Crippen LogP contribution in [0.1, 0.15) is 36.8 Å². The van der Waals surface area contributed by atoms with E-state index in [-0.39, 0.29) is 5.41 Å². The molecule has 4 nitrogen and oxygen atoms in total. The molecular formula is C52H44N3OP. The molecule has 2 bridgehead atoms. The Kier molecular flexibility index (Phi) is 8.84. The predicted molar refractivity (Wildman–Crippen MR) is 236 cm³/mol. The molecule has 7 aromatic carbocycles. The van der Waals surface area contributed by atoms with Gasteiger partial charge in [0, 0.05) is 27.4 Å². The number of nitrogens with zero attached hydrogens (tertiary/aromatic N) is 3. The quantitative estimate of drug-likeness (QED) is 0.145. The molecule has 1 heterocycles. The van der Waals surface area contributed by atoms with Crippen molar-refractivity contribution in [1.29, 1.82) is 0 Å². The van der Waals surface area contributed by atoms with Gasteiger partial charge in [-0.15, -0.1) is 0 Å². The van der Waals surface area contributed by atoms with Crippen LogP contribution in [0.15, 0.2) is 170 Å². The zero-order valence-electron chi connectivity index (χ0n) is 32.3. The smallest absolute Gasteiger partial charge is 0.164 e. The van der Waals surface area contributed by atoms with E-state index in [0.29, 0.717) is 23.4 Å². The van der Waals surface area contributed by atoms with Crippen molar-refractivity contribution in [3.8, 4) is 56.4 Å². The molecule has 0 saturated heterocycles. The average molecular weight is 758 g/mol. The summed E-state index contributed by atoms with van der Waals surface area (Å²) >= 11 is 0. The van der Waals surface area contributed by atoms with Crippen molar-refractivity contribution in [1.82, 2.24) is 15.0 Å². The van der Waals surface area contributed by atoms with Gasteiger partial charge in [-0.25, -0.2) is 15.0 Å². The summed E-state index contributed by atoms with van der Waals surface area (Å²) in [6, 6.07) is 60.2. The van der Waals surface area contributed by atoms with E-state index in [1.807, 2.05) is 43.7 Å². The van der Waals surface area contributed by atoms with Crippen LogP contribution in [-0.2, 0) is 9.98 Å². The Labute approximate surface area is 335 Å². The summed E-state index contributed by atoms with van der Waals surface area (Å²) < 4.78 is 13.2. The molecule has 0 N–H and O–H groups in total. The molecule has 3 atom stereocenters. The van der Waals surface area contributed by atoms with E-state index in [1.165, 1.54) is 53.5 Å². The third-order valence-corrected chi connectivity index (χ3v) is 14.2. The first-order valence-electron chi connectivity index (χ1n) is 20.1. The molecule has 278 valence electrons. The van der Waals surface area contributed by atoms with Crippen molar-refractivity contribution in [3.63, 3.8) is 0 Å². The zero-order chi connectivity index (χ0) is 38.6. The van der Waals surface area contributed by atoms with Crippen LogP contribution in [0.2, 0.25) is 0 Å². The summed E-state index contributed by atoms with van der Waals surface area (Å²) in [4.78, 5) is 15.1. The lowest BCUT2D eigenvalue weighted by molar-refractivity contribution is 0.320. The number of aromatic nitrogens is 3. The molecule has 2 aliphatic carbocycles. The third kappa shape index (κ3) is 6.43. The van der Waals surface area contributed by atoms with Crippen LogP contribution >= 0.6 is 7.14 Å². The van der Waals surface area contributed by atoms with Crippen LogP contribution in [0, 0.1) is 11.8 Å². The number of fused-ring (bicyclic) bond motifs is 3. The highest BCUT2D eigenvalue weighted by Crippen LogP contribution is 2.60. The lowest BCUT2D eigenvalue weighted by Gasteiger charge is -2.39. The van der Waals surface area contributed by atoms with Gasteiger partial charge in [-0.05, 0) is 88.6 Å². The molecule has 57 heavy (non-hydrogen) atoms. The number of hydrogen-bond acceptors (Lipinski definition) is 4. The maximum Gasteiger partial charge on any atom is 0.164 e. The van der Waals surface area contributed by atoms with E-state index in [1.54, 1.807) is 0 Å². The fourth-order valence-electron chi connectivity index (χ4n) is 9.86. The minimum atomic E-state index is -2.43. The van der Waals surface area contributed by atoms with E-state index in [9.17, 15) is 4.57 Å². The first-order chi connectivity index (χ1) is 27.8. The Morgan fingerprint density at radius 3 is 1.46 bits per heavy atom. The number of hydrogen-bond donors (Lipinski definition) is 0. The molecule has 0 radical (unpaired) electrons. The molecule has 0 amide bonds. The van der Waals surface area contributed by atoms with Gasteiger partial charge in [-0.2, -0.15) is 0 Å². The highest BCUT2D eigenvalue weighted by molar-refractivity contribution is 7.70. The summed E-state index contributed by atoms with van der Waals surface area (Å²) in [5.74, 6) is 3.35.